The van der Waals surface area contributed by atoms with Crippen LogP contribution in [0, 0.1) is 28.6 Å². The normalized spacial score (nSPS) is 14.4. The third-order valence-electron chi connectivity index (χ3n) is 6.24. The number of amides is 3. The van der Waals surface area contributed by atoms with Crippen molar-refractivity contribution in [2.24, 2.45) is 34.3 Å². The summed E-state index contributed by atoms with van der Waals surface area (Å²) in [4.78, 5) is 74.2. The number of nitrogens with two attached hydrogens (primary N) is 1. The zero-order valence-electron chi connectivity index (χ0n) is 23.7. The van der Waals surface area contributed by atoms with Gasteiger partial charge in [0.25, 0.3) is 0 Å². The third kappa shape index (κ3) is 13.4. The number of nitrogens with one attached hydrogen (secondary N) is 2. The summed E-state index contributed by atoms with van der Waals surface area (Å²) in [5, 5.41) is 14.3. The lowest BCUT2D eigenvalue weighted by molar-refractivity contribution is -0.139. The van der Waals surface area contributed by atoms with Crippen molar-refractivity contribution in [1.82, 2.24) is 10.6 Å². The van der Waals surface area contributed by atoms with Crippen molar-refractivity contribution < 1.29 is 33.9 Å². The third-order valence-corrected chi connectivity index (χ3v) is 6.24. The molecule has 0 aliphatic carbocycles. The molecule has 10 heteroatoms. The van der Waals surface area contributed by atoms with Crippen LogP contribution in [0.3, 0.4) is 0 Å². The molecule has 0 aromatic heterocycles. The highest BCUT2D eigenvalue weighted by Gasteiger charge is 2.35. The van der Waals surface area contributed by atoms with E-state index >= 15 is 0 Å². The van der Waals surface area contributed by atoms with Crippen LogP contribution >= 0.6 is 0 Å². The molecule has 0 unspecified atom stereocenters. The fraction of sp³-hybridized carbons (Fsp3) is 0.778. The van der Waals surface area contributed by atoms with E-state index in [1.165, 1.54) is 0 Å². The lowest BCUT2D eigenvalue weighted by Gasteiger charge is -2.28. The van der Waals surface area contributed by atoms with Crippen LogP contribution in [0.25, 0.3) is 0 Å². The Bertz CT molecular complexity index is 838. The van der Waals surface area contributed by atoms with Crippen LogP contribution in [0.5, 0.6) is 0 Å². The van der Waals surface area contributed by atoms with E-state index in [0.717, 1.165) is 0 Å². The minimum Gasteiger partial charge on any atom is -0.481 e. The summed E-state index contributed by atoms with van der Waals surface area (Å²) in [7, 11) is 0. The monoisotopic (exact) mass is 525 g/mol. The molecular weight excluding hydrogens is 478 g/mol. The fourth-order valence-corrected chi connectivity index (χ4v) is 3.91. The molecule has 0 aliphatic heterocycles. The van der Waals surface area contributed by atoms with Gasteiger partial charge in [-0.15, -0.1) is 0 Å². The highest BCUT2D eigenvalue weighted by atomic mass is 16.4. The van der Waals surface area contributed by atoms with Gasteiger partial charge in [0.15, 0.2) is 5.78 Å². The number of ketones is 3. The molecule has 212 valence electrons. The number of carbonyl (C=O) groups excluding carboxylic acids is 5. The molecule has 0 saturated carbocycles. The van der Waals surface area contributed by atoms with Gasteiger partial charge in [0, 0.05) is 48.5 Å². The predicted molar refractivity (Wildman–Crippen MR) is 141 cm³/mol. The van der Waals surface area contributed by atoms with Gasteiger partial charge in [-0.1, -0.05) is 55.4 Å². The van der Waals surface area contributed by atoms with Crippen LogP contribution in [0.1, 0.15) is 93.9 Å². The first-order valence-corrected chi connectivity index (χ1v) is 12.9. The van der Waals surface area contributed by atoms with Gasteiger partial charge in [-0.05, 0) is 25.2 Å². The van der Waals surface area contributed by atoms with E-state index in [1.807, 2.05) is 0 Å². The second-order valence-corrected chi connectivity index (χ2v) is 12.2. The van der Waals surface area contributed by atoms with Gasteiger partial charge < -0.3 is 21.5 Å². The van der Waals surface area contributed by atoms with Gasteiger partial charge in [0.05, 0.1) is 6.04 Å². The lowest BCUT2D eigenvalue weighted by atomic mass is 9.77. The average molecular weight is 526 g/mol. The zero-order valence-corrected chi connectivity index (χ0v) is 23.7. The molecule has 0 heterocycles. The number of rotatable bonds is 16. The van der Waals surface area contributed by atoms with Gasteiger partial charge in [-0.3, -0.25) is 24.0 Å². The molecule has 37 heavy (non-hydrogen) atoms. The molecule has 0 rings (SSSR count). The number of hydrogen-bond acceptors (Lipinski definition) is 6. The van der Waals surface area contributed by atoms with Crippen LogP contribution in [0.2, 0.25) is 0 Å². The average Bonchev–Trinajstić information content (AvgIpc) is 2.73. The maximum atomic E-state index is 13.4. The lowest BCUT2D eigenvalue weighted by Crippen LogP contribution is -2.48. The molecular formula is C27H47N3O7. The molecule has 0 bridgehead atoms. The summed E-state index contributed by atoms with van der Waals surface area (Å²) in [5.41, 5.74) is 3.71. The molecule has 0 aromatic rings. The van der Waals surface area contributed by atoms with Crippen LogP contribution in [0.15, 0.2) is 0 Å². The molecule has 0 radical (unpaired) electrons. The molecule has 0 fully saturated rings. The Morgan fingerprint density at radius 2 is 1.41 bits per heavy atom. The minimum atomic E-state index is -1.08. The number of carboxylic acids is 1. The summed E-state index contributed by atoms with van der Waals surface area (Å²) in [5.74, 6) is -3.99. The van der Waals surface area contributed by atoms with E-state index in [-0.39, 0.29) is 55.5 Å². The minimum absolute atomic E-state index is 0.0278. The number of carboxylic acid groups (broad SMARTS) is 1. The zero-order chi connectivity index (χ0) is 29.1. The second-order valence-electron chi connectivity index (χ2n) is 12.2. The van der Waals surface area contributed by atoms with E-state index in [1.54, 1.807) is 55.4 Å². The van der Waals surface area contributed by atoms with Crippen molar-refractivity contribution in [3.05, 3.63) is 0 Å². The Hall–Kier alpha value is -2.78. The molecule has 5 N–H and O–H groups in total. The first-order chi connectivity index (χ1) is 16.8. The summed E-state index contributed by atoms with van der Waals surface area (Å²) >= 11 is 0. The number of carbonyl (C=O) groups is 6. The van der Waals surface area contributed by atoms with Gasteiger partial charge in [-0.25, -0.2) is 4.79 Å². The summed E-state index contributed by atoms with van der Waals surface area (Å²) in [6.45, 7) is 14.3. The second kappa shape index (κ2) is 14.8. The van der Waals surface area contributed by atoms with Crippen molar-refractivity contribution in [1.29, 1.82) is 0 Å². The van der Waals surface area contributed by atoms with Crippen molar-refractivity contribution >= 4 is 35.3 Å². The van der Waals surface area contributed by atoms with Crippen LogP contribution < -0.4 is 16.4 Å². The van der Waals surface area contributed by atoms with Crippen molar-refractivity contribution in [2.45, 2.75) is 100.0 Å². The van der Waals surface area contributed by atoms with E-state index in [0.29, 0.717) is 12.8 Å². The quantitative estimate of drug-likeness (QED) is 0.224. The molecule has 0 spiro atoms. The van der Waals surface area contributed by atoms with Gasteiger partial charge in [0.2, 0.25) is 5.91 Å². The van der Waals surface area contributed by atoms with Gasteiger partial charge in [0.1, 0.15) is 11.6 Å². The van der Waals surface area contributed by atoms with Gasteiger partial charge in [-0.2, -0.15) is 0 Å². The molecule has 10 nitrogen and oxygen atoms in total. The van der Waals surface area contributed by atoms with Crippen molar-refractivity contribution in [2.75, 3.05) is 6.54 Å². The van der Waals surface area contributed by atoms with Gasteiger partial charge >= 0.3 is 12.0 Å². The standard InChI is InChI=1S/C27H47N3O7/c1-16(2)22(30-24(36)18(11-12-21(33)34)15-20(32)26(3,4)5)19(31)14-17(23(35)27(6,7)8)10-9-13-29-25(28)37/h16-18,22H,9-15H2,1-8H3,(H,30,36)(H,33,34)(H3,28,29,37)/t17-,18-,22+/m1/s1. The molecule has 0 aromatic carbocycles. The van der Waals surface area contributed by atoms with E-state index < -0.39 is 46.6 Å². The highest BCUT2D eigenvalue weighted by molar-refractivity contribution is 5.96. The van der Waals surface area contributed by atoms with Crippen molar-refractivity contribution in [3.63, 3.8) is 0 Å². The molecule has 0 saturated heterocycles. The van der Waals surface area contributed by atoms with Crippen LogP contribution in [-0.4, -0.2) is 53.0 Å². The number of hydrogen-bond donors (Lipinski definition) is 4. The van der Waals surface area contributed by atoms with E-state index in [4.69, 9.17) is 10.8 Å². The van der Waals surface area contributed by atoms with Crippen LogP contribution in [0.4, 0.5) is 4.79 Å². The number of Topliss-reactive ketones (excluding diaryl/α,β-unsaturated/α-hetero) is 3. The summed E-state index contributed by atoms with van der Waals surface area (Å²) < 4.78 is 0. The Balaban J connectivity index is 5.69. The number of aliphatic carboxylic acids is 1. The number of primary amides is 1. The maximum absolute atomic E-state index is 13.4. The first-order valence-electron chi connectivity index (χ1n) is 12.9. The fourth-order valence-electron chi connectivity index (χ4n) is 3.91. The highest BCUT2D eigenvalue weighted by Crippen LogP contribution is 2.27. The number of urea groups is 1. The van der Waals surface area contributed by atoms with Crippen LogP contribution in [-0.2, 0) is 24.0 Å². The Morgan fingerprint density at radius 1 is 0.838 bits per heavy atom. The van der Waals surface area contributed by atoms with E-state index in [2.05, 4.69) is 10.6 Å². The predicted octanol–water partition coefficient (Wildman–Crippen LogP) is 3.25. The molecule has 3 atom stereocenters. The first kappa shape index (κ1) is 34.2. The largest absolute Gasteiger partial charge is 0.481 e. The van der Waals surface area contributed by atoms with Crippen molar-refractivity contribution in [3.8, 4) is 0 Å². The smallest absolute Gasteiger partial charge is 0.312 e. The Labute approximate surface area is 220 Å². The molecule has 0 aliphatic rings. The summed E-state index contributed by atoms with van der Waals surface area (Å²) in [6.07, 6.45) is 0.295. The summed E-state index contributed by atoms with van der Waals surface area (Å²) in [6, 6.07) is -1.57. The maximum Gasteiger partial charge on any atom is 0.312 e. The Kier molecular flexibility index (Phi) is 13.7. The van der Waals surface area contributed by atoms with E-state index in [9.17, 15) is 28.8 Å². The SMILES string of the molecule is CC(C)[C@H](NC(=O)[C@H](CCC(=O)O)CC(=O)C(C)(C)C)C(=O)C[C@@H](CCCNC(N)=O)C(=O)C(C)(C)C. The topological polar surface area (TPSA) is 173 Å². The Morgan fingerprint density at radius 3 is 1.84 bits per heavy atom. The molecule has 3 amide bonds.